The van der Waals surface area contributed by atoms with Crippen molar-refractivity contribution in [3.63, 3.8) is 0 Å². The molecule has 0 spiro atoms. The molecule has 112 valence electrons. The number of carbonyl (C=O) groups is 1. The molecule has 1 N–H and O–H groups in total. The van der Waals surface area contributed by atoms with Crippen molar-refractivity contribution in [1.29, 1.82) is 0 Å². The zero-order valence-corrected chi connectivity index (χ0v) is 12.1. The Hall–Kier alpha value is -1.15. The summed E-state index contributed by atoms with van der Waals surface area (Å²) in [4.78, 5) is 11.7. The Kier molecular flexibility index (Phi) is 3.81. The van der Waals surface area contributed by atoms with Crippen LogP contribution in [0.1, 0.15) is 30.3 Å². The molecule has 0 radical (unpaired) electrons. The summed E-state index contributed by atoms with van der Waals surface area (Å²) in [7, 11) is 1.09. The van der Waals surface area contributed by atoms with E-state index < -0.39 is 27.9 Å². The van der Waals surface area contributed by atoms with Gasteiger partial charge in [0.05, 0.1) is 6.54 Å². The second-order valence-electron chi connectivity index (χ2n) is 5.06. The Morgan fingerprint density at radius 3 is 2.60 bits per heavy atom. The number of hydrogen-bond acceptors (Lipinski definition) is 3. The molecule has 0 saturated heterocycles. The quantitative estimate of drug-likeness (QED) is 0.841. The van der Waals surface area contributed by atoms with Gasteiger partial charge in [-0.05, 0) is 25.8 Å². The van der Waals surface area contributed by atoms with Crippen LogP contribution in [0.25, 0.3) is 0 Å². The SMILES string of the molecule is CC1(NC(=O)c2cc(S(=O)(=O)Cl)cn2CC(F)F)CC1. The van der Waals surface area contributed by atoms with Crippen LogP contribution < -0.4 is 5.32 Å². The van der Waals surface area contributed by atoms with E-state index in [0.717, 1.165) is 29.7 Å². The van der Waals surface area contributed by atoms with Gasteiger partial charge in [-0.2, -0.15) is 0 Å². The third-order valence-corrected chi connectivity index (χ3v) is 4.46. The molecule has 0 atom stereocenters. The predicted molar refractivity (Wildman–Crippen MR) is 68.6 cm³/mol. The lowest BCUT2D eigenvalue weighted by molar-refractivity contribution is 0.0913. The number of hydrogen-bond donors (Lipinski definition) is 1. The zero-order chi connectivity index (χ0) is 15.1. The maximum absolute atomic E-state index is 12.5. The minimum absolute atomic E-state index is 0.141. The molecule has 0 aliphatic heterocycles. The van der Waals surface area contributed by atoms with Gasteiger partial charge in [0, 0.05) is 22.4 Å². The van der Waals surface area contributed by atoms with Crippen molar-refractivity contribution in [3.05, 3.63) is 18.0 Å². The molecule has 1 amide bonds. The molecular formula is C11H13ClF2N2O3S. The predicted octanol–water partition coefficient (Wildman–Crippen LogP) is 1.96. The van der Waals surface area contributed by atoms with Crippen molar-refractivity contribution >= 4 is 25.6 Å². The first-order valence-electron chi connectivity index (χ1n) is 5.86. The molecule has 1 aliphatic carbocycles. The Morgan fingerprint density at radius 2 is 2.15 bits per heavy atom. The van der Waals surface area contributed by atoms with E-state index in [4.69, 9.17) is 10.7 Å². The van der Waals surface area contributed by atoms with E-state index in [-0.39, 0.29) is 16.1 Å². The number of amides is 1. The fourth-order valence-electron chi connectivity index (χ4n) is 1.76. The van der Waals surface area contributed by atoms with Gasteiger partial charge in [0.2, 0.25) is 0 Å². The first-order chi connectivity index (χ1) is 9.11. The highest BCUT2D eigenvalue weighted by Gasteiger charge is 2.39. The van der Waals surface area contributed by atoms with Gasteiger partial charge >= 0.3 is 0 Å². The van der Waals surface area contributed by atoms with Crippen LogP contribution in [0.15, 0.2) is 17.2 Å². The van der Waals surface area contributed by atoms with Crippen LogP contribution in [0, 0.1) is 0 Å². The van der Waals surface area contributed by atoms with Crippen LogP contribution in [0.3, 0.4) is 0 Å². The minimum Gasteiger partial charge on any atom is -0.346 e. The molecule has 1 aliphatic rings. The molecule has 1 fully saturated rings. The molecule has 1 heterocycles. The molecule has 1 saturated carbocycles. The molecule has 2 rings (SSSR count). The molecule has 20 heavy (non-hydrogen) atoms. The van der Waals surface area contributed by atoms with Crippen molar-refractivity contribution in [1.82, 2.24) is 9.88 Å². The number of aromatic nitrogens is 1. The van der Waals surface area contributed by atoms with Crippen molar-refractivity contribution in [3.8, 4) is 0 Å². The number of halogens is 3. The lowest BCUT2D eigenvalue weighted by Gasteiger charge is -2.13. The first-order valence-corrected chi connectivity index (χ1v) is 8.17. The molecule has 9 heteroatoms. The van der Waals surface area contributed by atoms with Crippen molar-refractivity contribution < 1.29 is 22.0 Å². The summed E-state index contributed by atoms with van der Waals surface area (Å²) in [6.07, 6.45) is -0.168. The van der Waals surface area contributed by atoms with Crippen molar-refractivity contribution in [2.75, 3.05) is 0 Å². The molecule has 0 unspecified atom stereocenters. The lowest BCUT2D eigenvalue weighted by Crippen LogP contribution is -2.35. The van der Waals surface area contributed by atoms with Gasteiger partial charge in [0.15, 0.2) is 0 Å². The summed E-state index contributed by atoms with van der Waals surface area (Å²) in [5, 5.41) is 2.68. The topological polar surface area (TPSA) is 68.2 Å². The van der Waals surface area contributed by atoms with E-state index in [1.54, 1.807) is 0 Å². The van der Waals surface area contributed by atoms with Gasteiger partial charge in [-0.15, -0.1) is 0 Å². The normalized spacial score (nSPS) is 17.2. The third-order valence-electron chi connectivity index (χ3n) is 3.14. The summed E-state index contributed by atoms with van der Waals surface area (Å²) in [5.41, 5.74) is -0.477. The molecular weight excluding hydrogens is 314 g/mol. The second-order valence-corrected chi connectivity index (χ2v) is 7.62. The lowest BCUT2D eigenvalue weighted by atomic mass is 10.3. The van der Waals surface area contributed by atoms with Crippen LogP contribution in [0.4, 0.5) is 8.78 Å². The van der Waals surface area contributed by atoms with Crippen LogP contribution >= 0.6 is 10.7 Å². The van der Waals surface area contributed by atoms with Gasteiger partial charge in [-0.3, -0.25) is 4.79 Å². The van der Waals surface area contributed by atoms with Gasteiger partial charge in [-0.25, -0.2) is 17.2 Å². The fourth-order valence-corrected chi connectivity index (χ4v) is 2.52. The first kappa shape index (κ1) is 15.2. The van der Waals surface area contributed by atoms with Crippen LogP contribution in [0.2, 0.25) is 0 Å². The van der Waals surface area contributed by atoms with Gasteiger partial charge < -0.3 is 9.88 Å². The molecule has 5 nitrogen and oxygen atoms in total. The van der Waals surface area contributed by atoms with E-state index in [0.29, 0.717) is 0 Å². The Labute approximate surface area is 119 Å². The van der Waals surface area contributed by atoms with Crippen LogP contribution in [-0.4, -0.2) is 30.9 Å². The number of nitrogens with one attached hydrogen (secondary N) is 1. The Balaban J connectivity index is 2.33. The maximum Gasteiger partial charge on any atom is 0.268 e. The van der Waals surface area contributed by atoms with E-state index >= 15 is 0 Å². The van der Waals surface area contributed by atoms with E-state index in [9.17, 15) is 22.0 Å². The fraction of sp³-hybridized carbons (Fsp3) is 0.545. The van der Waals surface area contributed by atoms with Gasteiger partial charge in [0.25, 0.3) is 21.4 Å². The highest BCUT2D eigenvalue weighted by molar-refractivity contribution is 8.13. The van der Waals surface area contributed by atoms with Gasteiger partial charge in [-0.1, -0.05) is 0 Å². The van der Waals surface area contributed by atoms with Crippen molar-refractivity contribution in [2.24, 2.45) is 0 Å². The zero-order valence-electron chi connectivity index (χ0n) is 10.6. The average molecular weight is 327 g/mol. The number of carbonyl (C=O) groups excluding carboxylic acids is 1. The Morgan fingerprint density at radius 1 is 1.55 bits per heavy atom. The summed E-state index contributed by atoms with van der Waals surface area (Å²) in [6, 6.07) is 1.01. The minimum atomic E-state index is -4.08. The van der Waals surface area contributed by atoms with Crippen LogP contribution in [-0.2, 0) is 15.6 Å². The molecule has 1 aromatic heterocycles. The monoisotopic (exact) mass is 326 g/mol. The summed E-state index contributed by atoms with van der Waals surface area (Å²) < 4.78 is 48.3. The average Bonchev–Trinajstić information content (AvgIpc) is 2.84. The number of rotatable bonds is 5. The smallest absolute Gasteiger partial charge is 0.268 e. The Bertz CT molecular complexity index is 638. The highest BCUT2D eigenvalue weighted by Crippen LogP contribution is 2.34. The second kappa shape index (κ2) is 5.00. The largest absolute Gasteiger partial charge is 0.346 e. The highest BCUT2D eigenvalue weighted by atomic mass is 35.7. The summed E-state index contributed by atoms with van der Waals surface area (Å²) in [5.74, 6) is -0.586. The van der Waals surface area contributed by atoms with Gasteiger partial charge in [0.1, 0.15) is 10.6 Å². The number of alkyl halides is 2. The standard InChI is InChI=1S/C11H13ClF2N2O3S/c1-11(2-3-11)15-10(17)8-4-7(20(12,18)19)5-16(8)6-9(13)14/h4-5,9H,2-3,6H2,1H3,(H,15,17). The maximum atomic E-state index is 12.5. The number of nitrogens with zero attached hydrogens (tertiary/aromatic N) is 1. The van der Waals surface area contributed by atoms with E-state index in [2.05, 4.69) is 5.32 Å². The summed E-state index contributed by atoms with van der Waals surface area (Å²) in [6.45, 7) is 1.05. The molecule has 0 bridgehead atoms. The molecule has 1 aromatic rings. The van der Waals surface area contributed by atoms with E-state index in [1.807, 2.05) is 6.92 Å². The van der Waals surface area contributed by atoms with E-state index in [1.165, 1.54) is 0 Å². The van der Waals surface area contributed by atoms with Crippen molar-refractivity contribution in [2.45, 2.75) is 43.2 Å². The summed E-state index contributed by atoms with van der Waals surface area (Å²) >= 11 is 0. The molecule has 0 aromatic carbocycles. The third kappa shape index (κ3) is 3.49. The van der Waals surface area contributed by atoms with Crippen LogP contribution in [0.5, 0.6) is 0 Å².